The minimum absolute atomic E-state index is 0.0688. The second-order valence-corrected chi connectivity index (χ2v) is 7.45. The van der Waals surface area contributed by atoms with Gasteiger partial charge in [-0.05, 0) is 34.1 Å². The number of halogens is 1. The van der Waals surface area contributed by atoms with E-state index in [9.17, 15) is 9.59 Å². The summed E-state index contributed by atoms with van der Waals surface area (Å²) in [5.41, 5.74) is 1.53. The van der Waals surface area contributed by atoms with Gasteiger partial charge in [0.2, 0.25) is 11.8 Å². The van der Waals surface area contributed by atoms with Crippen LogP contribution in [0.3, 0.4) is 0 Å². The van der Waals surface area contributed by atoms with E-state index in [2.05, 4.69) is 21.2 Å². The lowest BCUT2D eigenvalue weighted by Gasteiger charge is -2.18. The number of methoxy groups -OCH3 is 3. The Balaban J connectivity index is 1.69. The van der Waals surface area contributed by atoms with Crippen LogP contribution in [-0.2, 0) is 16.1 Å². The fraction of sp³-hybridized carbons (Fsp3) is 0.333. The number of hydrogen-bond acceptors (Lipinski definition) is 5. The van der Waals surface area contributed by atoms with Crippen LogP contribution in [0.25, 0.3) is 0 Å². The summed E-state index contributed by atoms with van der Waals surface area (Å²) in [4.78, 5) is 26.8. The number of rotatable bonds is 7. The highest BCUT2D eigenvalue weighted by Gasteiger charge is 2.35. The molecule has 1 fully saturated rings. The third-order valence-corrected chi connectivity index (χ3v) is 5.55. The number of benzene rings is 2. The smallest absolute Gasteiger partial charge is 0.227 e. The van der Waals surface area contributed by atoms with Gasteiger partial charge in [0.25, 0.3) is 0 Å². The van der Waals surface area contributed by atoms with Gasteiger partial charge < -0.3 is 24.4 Å². The van der Waals surface area contributed by atoms with E-state index >= 15 is 0 Å². The average Bonchev–Trinajstić information content (AvgIpc) is 3.13. The minimum atomic E-state index is -0.416. The molecular formula is C21H23BrN2O5. The van der Waals surface area contributed by atoms with Crippen LogP contribution in [0.5, 0.6) is 17.2 Å². The van der Waals surface area contributed by atoms with Gasteiger partial charge in [0.05, 0.1) is 32.9 Å². The van der Waals surface area contributed by atoms with Crippen molar-refractivity contribution in [2.24, 2.45) is 5.92 Å². The zero-order valence-corrected chi connectivity index (χ0v) is 18.1. The molecule has 1 aliphatic heterocycles. The molecule has 0 spiro atoms. The molecule has 0 aromatic heterocycles. The predicted octanol–water partition coefficient (Wildman–Crippen LogP) is 3.14. The third-order valence-electron chi connectivity index (χ3n) is 4.88. The summed E-state index contributed by atoms with van der Waals surface area (Å²) < 4.78 is 16.8. The van der Waals surface area contributed by atoms with Gasteiger partial charge in [-0.3, -0.25) is 9.59 Å². The zero-order valence-electron chi connectivity index (χ0n) is 16.5. The highest BCUT2D eigenvalue weighted by molar-refractivity contribution is 9.10. The van der Waals surface area contributed by atoms with Crippen LogP contribution in [0.4, 0.5) is 5.69 Å². The normalized spacial score (nSPS) is 15.9. The summed E-state index contributed by atoms with van der Waals surface area (Å²) in [5, 5.41) is 2.91. The van der Waals surface area contributed by atoms with Crippen molar-refractivity contribution in [1.82, 2.24) is 5.32 Å². The number of carbonyl (C=O) groups is 2. The number of amides is 2. The second kappa shape index (κ2) is 9.17. The Morgan fingerprint density at radius 2 is 1.76 bits per heavy atom. The van der Waals surface area contributed by atoms with Crippen molar-refractivity contribution >= 4 is 33.4 Å². The summed E-state index contributed by atoms with van der Waals surface area (Å²) in [5.74, 6) is 1.02. The average molecular weight is 463 g/mol. The SMILES string of the molecule is COc1cc(OC)c(OC)cc1CNC(=O)C1CC(=O)N(c2ccccc2Br)C1. The van der Waals surface area contributed by atoms with Crippen molar-refractivity contribution in [1.29, 1.82) is 0 Å². The van der Waals surface area contributed by atoms with E-state index in [0.29, 0.717) is 23.8 Å². The molecule has 2 aromatic rings. The van der Waals surface area contributed by atoms with Crippen molar-refractivity contribution in [2.75, 3.05) is 32.8 Å². The summed E-state index contributed by atoms with van der Waals surface area (Å²) in [6, 6.07) is 11.0. The fourth-order valence-electron chi connectivity index (χ4n) is 3.34. The van der Waals surface area contributed by atoms with Gasteiger partial charge in [-0.1, -0.05) is 12.1 Å². The summed E-state index contributed by atoms with van der Waals surface area (Å²) >= 11 is 3.46. The third kappa shape index (κ3) is 4.48. The molecule has 1 heterocycles. The number of nitrogens with zero attached hydrogens (tertiary/aromatic N) is 1. The maximum Gasteiger partial charge on any atom is 0.227 e. The van der Waals surface area contributed by atoms with Gasteiger partial charge in [-0.15, -0.1) is 0 Å². The van der Waals surface area contributed by atoms with E-state index in [0.717, 1.165) is 15.7 Å². The molecule has 1 N–H and O–H groups in total. The van der Waals surface area contributed by atoms with E-state index in [1.807, 2.05) is 24.3 Å². The van der Waals surface area contributed by atoms with Crippen LogP contribution in [0.2, 0.25) is 0 Å². The maximum absolute atomic E-state index is 12.7. The lowest BCUT2D eigenvalue weighted by atomic mass is 10.1. The van der Waals surface area contributed by atoms with Crippen LogP contribution < -0.4 is 24.4 Å². The molecule has 29 heavy (non-hydrogen) atoms. The lowest BCUT2D eigenvalue weighted by molar-refractivity contribution is -0.126. The predicted molar refractivity (Wildman–Crippen MR) is 113 cm³/mol. The van der Waals surface area contributed by atoms with Crippen molar-refractivity contribution in [3.63, 3.8) is 0 Å². The van der Waals surface area contributed by atoms with Gasteiger partial charge in [0.15, 0.2) is 11.5 Å². The molecule has 7 nitrogen and oxygen atoms in total. The highest BCUT2D eigenvalue weighted by Crippen LogP contribution is 2.35. The summed E-state index contributed by atoms with van der Waals surface area (Å²) in [6.45, 7) is 0.596. The Kier molecular flexibility index (Phi) is 6.64. The molecule has 0 radical (unpaired) electrons. The second-order valence-electron chi connectivity index (χ2n) is 6.59. The monoisotopic (exact) mass is 462 g/mol. The molecule has 8 heteroatoms. The first-order valence-electron chi connectivity index (χ1n) is 9.10. The van der Waals surface area contributed by atoms with Crippen LogP contribution >= 0.6 is 15.9 Å². The van der Waals surface area contributed by atoms with Crippen LogP contribution in [0.15, 0.2) is 40.9 Å². The van der Waals surface area contributed by atoms with Gasteiger partial charge in [0, 0.05) is 35.6 Å². The fourth-order valence-corrected chi connectivity index (χ4v) is 3.84. The van der Waals surface area contributed by atoms with Crippen molar-refractivity contribution in [3.8, 4) is 17.2 Å². The number of ether oxygens (including phenoxy) is 3. The Bertz CT molecular complexity index is 918. The Labute approximate surface area is 178 Å². The molecule has 154 valence electrons. The largest absolute Gasteiger partial charge is 0.496 e. The van der Waals surface area contributed by atoms with Gasteiger partial charge in [-0.25, -0.2) is 0 Å². The molecule has 2 aromatic carbocycles. The van der Waals surface area contributed by atoms with Crippen molar-refractivity contribution in [3.05, 3.63) is 46.4 Å². The van der Waals surface area contributed by atoms with E-state index in [1.54, 1.807) is 38.4 Å². The quantitative estimate of drug-likeness (QED) is 0.683. The summed E-state index contributed by atoms with van der Waals surface area (Å²) in [6.07, 6.45) is 0.177. The van der Waals surface area contributed by atoms with Crippen LogP contribution in [-0.4, -0.2) is 39.7 Å². The maximum atomic E-state index is 12.7. The van der Waals surface area contributed by atoms with Crippen molar-refractivity contribution in [2.45, 2.75) is 13.0 Å². The first kappa shape index (κ1) is 21.0. The standard InChI is InChI=1S/C21H23BrN2O5/c1-27-17-10-19(29-3)18(28-2)8-13(17)11-23-21(26)14-9-20(25)24(12-14)16-7-5-4-6-15(16)22/h4-8,10,14H,9,11-12H2,1-3H3,(H,23,26). The number of hydrogen-bond donors (Lipinski definition) is 1. The zero-order chi connectivity index (χ0) is 21.0. The number of anilines is 1. The first-order valence-corrected chi connectivity index (χ1v) is 9.89. The van der Waals surface area contributed by atoms with E-state index in [-0.39, 0.29) is 24.8 Å². The number of para-hydroxylation sites is 1. The first-order chi connectivity index (χ1) is 14.0. The topological polar surface area (TPSA) is 77.1 Å². The highest BCUT2D eigenvalue weighted by atomic mass is 79.9. The molecule has 1 unspecified atom stereocenters. The molecule has 3 rings (SSSR count). The molecule has 0 aliphatic carbocycles. The van der Waals surface area contributed by atoms with Gasteiger partial charge in [0.1, 0.15) is 5.75 Å². The van der Waals surface area contributed by atoms with E-state index in [4.69, 9.17) is 14.2 Å². The van der Waals surface area contributed by atoms with Gasteiger partial charge >= 0.3 is 0 Å². The van der Waals surface area contributed by atoms with Gasteiger partial charge in [-0.2, -0.15) is 0 Å². The molecule has 1 aliphatic rings. The molecular weight excluding hydrogens is 440 g/mol. The van der Waals surface area contributed by atoms with E-state index < -0.39 is 5.92 Å². The Morgan fingerprint density at radius 1 is 1.10 bits per heavy atom. The van der Waals surface area contributed by atoms with Crippen molar-refractivity contribution < 1.29 is 23.8 Å². The summed E-state index contributed by atoms with van der Waals surface area (Å²) in [7, 11) is 4.65. The van der Waals surface area contributed by atoms with Crippen LogP contribution in [0, 0.1) is 5.92 Å². The number of nitrogens with one attached hydrogen (secondary N) is 1. The molecule has 1 saturated heterocycles. The van der Waals surface area contributed by atoms with E-state index in [1.165, 1.54) is 0 Å². The number of carbonyl (C=O) groups excluding carboxylic acids is 2. The molecule has 1 atom stereocenters. The lowest BCUT2D eigenvalue weighted by Crippen LogP contribution is -2.32. The minimum Gasteiger partial charge on any atom is -0.496 e. The molecule has 0 bridgehead atoms. The van der Waals surface area contributed by atoms with Crippen LogP contribution in [0.1, 0.15) is 12.0 Å². The molecule has 0 saturated carbocycles. The molecule has 2 amide bonds. The Hall–Kier alpha value is -2.74. The Morgan fingerprint density at radius 3 is 2.41 bits per heavy atom.